The Kier molecular flexibility index (Phi) is 4.43. The van der Waals surface area contributed by atoms with Crippen LogP contribution in [0.4, 0.5) is 10.5 Å². The molecule has 0 aliphatic carbocycles. The fraction of sp³-hybridized carbons (Fsp3) is 0.118. The van der Waals surface area contributed by atoms with Gasteiger partial charge in [-0.1, -0.05) is 30.3 Å². The number of nitrogens with one attached hydrogen (secondary N) is 1. The summed E-state index contributed by atoms with van der Waals surface area (Å²) in [5, 5.41) is 12.5. The first-order chi connectivity index (χ1) is 11.6. The number of carboxylic acids is 1. The zero-order valence-electron chi connectivity index (χ0n) is 12.8. The number of amides is 1. The number of rotatable bonds is 4. The van der Waals surface area contributed by atoms with Crippen molar-refractivity contribution in [2.24, 2.45) is 0 Å². The molecule has 2 aromatic heterocycles. The molecule has 3 aromatic rings. The molecule has 1 amide bonds. The van der Waals surface area contributed by atoms with Gasteiger partial charge in [0.05, 0.1) is 5.69 Å². The van der Waals surface area contributed by atoms with Gasteiger partial charge in [0.2, 0.25) is 0 Å². The van der Waals surface area contributed by atoms with Gasteiger partial charge in [-0.3, -0.25) is 5.32 Å². The maximum absolute atomic E-state index is 12.1. The Morgan fingerprint density at radius 1 is 1.25 bits per heavy atom. The summed E-state index contributed by atoms with van der Waals surface area (Å²) in [5.74, 6) is -1.12. The van der Waals surface area contributed by atoms with Crippen molar-refractivity contribution < 1.29 is 19.4 Å². The van der Waals surface area contributed by atoms with Crippen molar-refractivity contribution in [1.82, 2.24) is 4.98 Å². The molecule has 7 heteroatoms. The SMILES string of the molecule is Cc1ccnc2sc(C(=O)O)c(NC(=O)OCc3ccccc3)c12. The summed E-state index contributed by atoms with van der Waals surface area (Å²) in [6.45, 7) is 1.94. The quantitative estimate of drug-likeness (QED) is 0.746. The molecule has 2 N–H and O–H groups in total. The number of benzene rings is 1. The van der Waals surface area contributed by atoms with Crippen molar-refractivity contribution in [3.63, 3.8) is 0 Å². The van der Waals surface area contributed by atoms with Crippen LogP contribution in [0.1, 0.15) is 20.8 Å². The number of hydrogen-bond donors (Lipinski definition) is 2. The van der Waals surface area contributed by atoms with E-state index in [4.69, 9.17) is 4.74 Å². The summed E-state index contributed by atoms with van der Waals surface area (Å²) in [5.41, 5.74) is 1.91. The lowest BCUT2D eigenvalue weighted by Crippen LogP contribution is -2.15. The first kappa shape index (κ1) is 15.9. The van der Waals surface area contributed by atoms with E-state index in [0.717, 1.165) is 22.5 Å². The van der Waals surface area contributed by atoms with Gasteiger partial charge in [-0.15, -0.1) is 11.3 Å². The Morgan fingerprint density at radius 3 is 2.71 bits per heavy atom. The van der Waals surface area contributed by atoms with Crippen molar-refractivity contribution >= 4 is 39.3 Å². The molecule has 6 nitrogen and oxygen atoms in total. The van der Waals surface area contributed by atoms with Crippen LogP contribution in [0.15, 0.2) is 42.6 Å². The van der Waals surface area contributed by atoms with Crippen LogP contribution >= 0.6 is 11.3 Å². The van der Waals surface area contributed by atoms with E-state index in [0.29, 0.717) is 10.2 Å². The third kappa shape index (κ3) is 3.21. The average molecular weight is 342 g/mol. The topological polar surface area (TPSA) is 88.5 Å². The molecule has 122 valence electrons. The predicted molar refractivity (Wildman–Crippen MR) is 91.6 cm³/mol. The number of nitrogens with zero attached hydrogens (tertiary/aromatic N) is 1. The molecule has 0 unspecified atom stereocenters. The summed E-state index contributed by atoms with van der Waals surface area (Å²) in [6, 6.07) is 11.0. The zero-order chi connectivity index (χ0) is 17.1. The highest BCUT2D eigenvalue weighted by Crippen LogP contribution is 2.36. The van der Waals surface area contributed by atoms with E-state index in [2.05, 4.69) is 10.3 Å². The van der Waals surface area contributed by atoms with E-state index < -0.39 is 12.1 Å². The molecule has 3 rings (SSSR count). The van der Waals surface area contributed by atoms with E-state index in [1.165, 1.54) is 0 Å². The number of pyridine rings is 1. The lowest BCUT2D eigenvalue weighted by Gasteiger charge is -2.08. The fourth-order valence-corrected chi connectivity index (χ4v) is 3.32. The molecule has 24 heavy (non-hydrogen) atoms. The smallest absolute Gasteiger partial charge is 0.412 e. The molecule has 0 aliphatic rings. The van der Waals surface area contributed by atoms with Crippen molar-refractivity contribution in [2.75, 3.05) is 5.32 Å². The Morgan fingerprint density at radius 2 is 2.00 bits per heavy atom. The normalized spacial score (nSPS) is 10.5. The molecule has 2 heterocycles. The van der Waals surface area contributed by atoms with Crippen molar-refractivity contribution in [3.8, 4) is 0 Å². The van der Waals surface area contributed by atoms with Crippen LogP contribution in [-0.4, -0.2) is 22.2 Å². The van der Waals surface area contributed by atoms with Crippen LogP contribution in [0.25, 0.3) is 10.2 Å². The number of fused-ring (bicyclic) bond motifs is 1. The van der Waals surface area contributed by atoms with E-state index in [1.54, 1.807) is 12.3 Å². The number of carbonyl (C=O) groups excluding carboxylic acids is 1. The first-order valence-corrected chi connectivity index (χ1v) is 7.97. The van der Waals surface area contributed by atoms with Crippen LogP contribution in [0.2, 0.25) is 0 Å². The van der Waals surface area contributed by atoms with E-state index in [9.17, 15) is 14.7 Å². The van der Waals surface area contributed by atoms with E-state index in [-0.39, 0.29) is 17.2 Å². The lowest BCUT2D eigenvalue weighted by atomic mass is 10.1. The molecule has 0 fully saturated rings. The summed E-state index contributed by atoms with van der Waals surface area (Å²) in [6.07, 6.45) is 0.904. The third-order valence-electron chi connectivity index (χ3n) is 3.43. The summed E-state index contributed by atoms with van der Waals surface area (Å²) in [7, 11) is 0. The first-order valence-electron chi connectivity index (χ1n) is 7.15. The number of anilines is 1. The molecule has 0 spiro atoms. The number of ether oxygens (including phenoxy) is 1. The number of carboxylic acid groups (broad SMARTS) is 1. The number of aryl methyl sites for hydroxylation is 1. The monoisotopic (exact) mass is 342 g/mol. The minimum atomic E-state index is -1.12. The van der Waals surface area contributed by atoms with Gasteiger partial charge in [-0.2, -0.15) is 0 Å². The van der Waals surface area contributed by atoms with E-state index >= 15 is 0 Å². The molecule has 0 radical (unpaired) electrons. The molecule has 1 aromatic carbocycles. The lowest BCUT2D eigenvalue weighted by molar-refractivity contribution is 0.0703. The third-order valence-corrected chi connectivity index (χ3v) is 4.52. The number of hydrogen-bond acceptors (Lipinski definition) is 5. The molecule has 0 aliphatic heterocycles. The second-order valence-electron chi connectivity index (χ2n) is 5.11. The Balaban J connectivity index is 1.84. The minimum Gasteiger partial charge on any atom is -0.477 e. The Hall–Kier alpha value is -2.93. The van der Waals surface area contributed by atoms with Gasteiger partial charge in [0.25, 0.3) is 0 Å². The highest BCUT2D eigenvalue weighted by molar-refractivity contribution is 7.21. The molecule has 0 bridgehead atoms. The second kappa shape index (κ2) is 6.67. The molecular formula is C17H14N2O4S. The molecule has 0 saturated carbocycles. The Bertz CT molecular complexity index is 906. The van der Waals surface area contributed by atoms with Gasteiger partial charge in [0, 0.05) is 11.6 Å². The second-order valence-corrected chi connectivity index (χ2v) is 6.11. The van der Waals surface area contributed by atoms with Gasteiger partial charge >= 0.3 is 12.1 Å². The van der Waals surface area contributed by atoms with E-state index in [1.807, 2.05) is 37.3 Å². The molecule has 0 atom stereocenters. The zero-order valence-corrected chi connectivity index (χ0v) is 13.6. The van der Waals surface area contributed by atoms with Crippen LogP contribution in [-0.2, 0) is 11.3 Å². The average Bonchev–Trinajstić information content (AvgIpc) is 2.94. The fourth-order valence-electron chi connectivity index (χ4n) is 2.31. The van der Waals surface area contributed by atoms with Gasteiger partial charge in [-0.05, 0) is 24.1 Å². The maximum atomic E-state index is 12.1. The van der Waals surface area contributed by atoms with Gasteiger partial charge in [-0.25, -0.2) is 14.6 Å². The van der Waals surface area contributed by atoms with Gasteiger partial charge in [0.15, 0.2) is 0 Å². The van der Waals surface area contributed by atoms with Crippen LogP contribution < -0.4 is 5.32 Å². The van der Waals surface area contributed by atoms with Crippen molar-refractivity contribution in [1.29, 1.82) is 0 Å². The standard InChI is InChI=1S/C17H14N2O4S/c1-10-7-8-18-15-12(10)13(14(24-15)16(20)21)19-17(22)23-9-11-5-3-2-4-6-11/h2-8H,9H2,1H3,(H,19,22)(H,20,21). The number of aromatic carboxylic acids is 1. The number of thiophene rings is 1. The van der Waals surface area contributed by atoms with Gasteiger partial charge < -0.3 is 9.84 Å². The van der Waals surface area contributed by atoms with Crippen molar-refractivity contribution in [3.05, 3.63) is 58.6 Å². The number of aromatic nitrogens is 1. The molecular weight excluding hydrogens is 328 g/mol. The summed E-state index contributed by atoms with van der Waals surface area (Å²) in [4.78, 5) is 28.3. The molecule has 0 saturated heterocycles. The van der Waals surface area contributed by atoms with Crippen LogP contribution in [0.5, 0.6) is 0 Å². The van der Waals surface area contributed by atoms with Crippen LogP contribution in [0, 0.1) is 6.92 Å². The minimum absolute atomic E-state index is 0.0310. The largest absolute Gasteiger partial charge is 0.477 e. The van der Waals surface area contributed by atoms with Crippen molar-refractivity contribution in [2.45, 2.75) is 13.5 Å². The summed E-state index contributed by atoms with van der Waals surface area (Å²) < 4.78 is 5.17. The van der Waals surface area contributed by atoms with Gasteiger partial charge in [0.1, 0.15) is 16.3 Å². The summed E-state index contributed by atoms with van der Waals surface area (Å²) >= 11 is 1.02. The Labute approximate surface area is 141 Å². The number of carbonyl (C=O) groups is 2. The predicted octanol–water partition coefficient (Wildman–Crippen LogP) is 4.05. The maximum Gasteiger partial charge on any atom is 0.412 e. The highest BCUT2D eigenvalue weighted by atomic mass is 32.1. The van der Waals surface area contributed by atoms with Crippen LogP contribution in [0.3, 0.4) is 0 Å². The highest BCUT2D eigenvalue weighted by Gasteiger charge is 2.22.